The van der Waals surface area contributed by atoms with Crippen molar-refractivity contribution in [3.8, 4) is 0 Å². The largest absolute Gasteiger partial charge is 0.394 e. The maximum atomic E-state index is 13.5. The summed E-state index contributed by atoms with van der Waals surface area (Å²) in [6, 6.07) is 3.25. The monoisotopic (exact) mass is 299 g/mol. The predicted octanol–water partition coefficient (Wildman–Crippen LogP) is 1.51. The van der Waals surface area contributed by atoms with Crippen molar-refractivity contribution in [3.05, 3.63) is 35.4 Å². The number of nitrogens with zero attached hydrogens (tertiary/aromatic N) is 1. The number of likely N-dealkylation sites (tertiary alicyclic amines) is 1. The van der Waals surface area contributed by atoms with Crippen LogP contribution in [0, 0.1) is 11.6 Å². The van der Waals surface area contributed by atoms with Crippen LogP contribution in [0.5, 0.6) is 0 Å². The van der Waals surface area contributed by atoms with Gasteiger partial charge in [-0.3, -0.25) is 4.79 Å². The van der Waals surface area contributed by atoms with Crippen molar-refractivity contribution < 1.29 is 23.4 Å². The number of piperidine rings is 1. The molecule has 0 bridgehead atoms. The Hall–Kier alpha value is -1.53. The van der Waals surface area contributed by atoms with Crippen molar-refractivity contribution in [1.82, 2.24) is 4.90 Å². The van der Waals surface area contributed by atoms with E-state index < -0.39 is 11.6 Å². The van der Waals surface area contributed by atoms with Crippen LogP contribution in [0.1, 0.15) is 18.4 Å². The van der Waals surface area contributed by atoms with Gasteiger partial charge in [-0.2, -0.15) is 0 Å². The van der Waals surface area contributed by atoms with Crippen molar-refractivity contribution >= 4 is 5.91 Å². The van der Waals surface area contributed by atoms with Crippen molar-refractivity contribution in [1.29, 1.82) is 0 Å². The second kappa shape index (κ2) is 7.47. The first-order valence-electron chi connectivity index (χ1n) is 7.04. The zero-order valence-electron chi connectivity index (χ0n) is 11.7. The number of aliphatic hydroxyl groups is 1. The van der Waals surface area contributed by atoms with Crippen LogP contribution in [0.15, 0.2) is 18.2 Å². The summed E-state index contributed by atoms with van der Waals surface area (Å²) in [4.78, 5) is 13.8. The lowest BCUT2D eigenvalue weighted by molar-refractivity contribution is -0.133. The maximum absolute atomic E-state index is 13.5. The number of carbonyl (C=O) groups excluding carboxylic acids is 1. The molecule has 1 saturated heterocycles. The molecule has 0 saturated carbocycles. The van der Waals surface area contributed by atoms with Crippen molar-refractivity contribution in [3.63, 3.8) is 0 Å². The van der Waals surface area contributed by atoms with Crippen LogP contribution in [0.4, 0.5) is 8.78 Å². The molecule has 1 aliphatic heterocycles. The summed E-state index contributed by atoms with van der Waals surface area (Å²) in [6.07, 6.45) is 1.41. The topological polar surface area (TPSA) is 49.8 Å². The quantitative estimate of drug-likeness (QED) is 0.896. The second-order valence-electron chi connectivity index (χ2n) is 5.09. The molecule has 0 spiro atoms. The Morgan fingerprint density at radius 1 is 1.33 bits per heavy atom. The molecule has 1 aromatic rings. The van der Waals surface area contributed by atoms with E-state index in [-0.39, 0.29) is 30.6 Å². The summed E-state index contributed by atoms with van der Waals surface area (Å²) in [6.45, 7) is 1.40. The molecule has 0 aliphatic carbocycles. The molecular weight excluding hydrogens is 280 g/mol. The molecule has 0 aromatic heterocycles. The zero-order chi connectivity index (χ0) is 15.2. The van der Waals surface area contributed by atoms with Crippen molar-refractivity contribution in [2.24, 2.45) is 0 Å². The summed E-state index contributed by atoms with van der Waals surface area (Å²) in [5.41, 5.74) is 0.208. The molecule has 2 rings (SSSR count). The van der Waals surface area contributed by atoms with Gasteiger partial charge >= 0.3 is 0 Å². The fourth-order valence-electron chi connectivity index (χ4n) is 2.43. The molecule has 1 fully saturated rings. The Kier molecular flexibility index (Phi) is 5.64. The number of halogens is 2. The van der Waals surface area contributed by atoms with Crippen LogP contribution in [0.3, 0.4) is 0 Å². The molecule has 6 heteroatoms. The van der Waals surface area contributed by atoms with Gasteiger partial charge in [0.15, 0.2) is 0 Å². The van der Waals surface area contributed by atoms with Gasteiger partial charge in [0.05, 0.1) is 25.7 Å². The fraction of sp³-hybridized carbons (Fsp3) is 0.533. The van der Waals surface area contributed by atoms with Crippen LogP contribution in [-0.4, -0.2) is 48.3 Å². The van der Waals surface area contributed by atoms with Crippen LogP contribution in [0.25, 0.3) is 0 Å². The molecule has 4 nitrogen and oxygen atoms in total. The number of hydrogen-bond donors (Lipinski definition) is 1. The number of carbonyl (C=O) groups is 1. The van der Waals surface area contributed by atoms with Crippen molar-refractivity contribution in [2.75, 3.05) is 26.3 Å². The van der Waals surface area contributed by atoms with E-state index >= 15 is 0 Å². The van der Waals surface area contributed by atoms with Gasteiger partial charge in [0.1, 0.15) is 11.6 Å². The summed E-state index contributed by atoms with van der Waals surface area (Å²) >= 11 is 0. The van der Waals surface area contributed by atoms with E-state index in [2.05, 4.69) is 0 Å². The van der Waals surface area contributed by atoms with E-state index in [0.29, 0.717) is 32.5 Å². The lowest BCUT2D eigenvalue weighted by Crippen LogP contribution is -2.41. The minimum absolute atomic E-state index is 0.0109. The predicted molar refractivity (Wildman–Crippen MR) is 72.7 cm³/mol. The van der Waals surface area contributed by atoms with E-state index in [1.165, 1.54) is 6.07 Å². The first-order valence-corrected chi connectivity index (χ1v) is 7.04. The molecule has 0 unspecified atom stereocenters. The molecule has 1 amide bonds. The summed E-state index contributed by atoms with van der Waals surface area (Å²) in [5, 5.41) is 8.69. The second-order valence-corrected chi connectivity index (χ2v) is 5.09. The molecule has 1 N–H and O–H groups in total. The molecule has 1 aliphatic rings. The fourth-order valence-corrected chi connectivity index (χ4v) is 2.43. The maximum Gasteiger partial charge on any atom is 0.227 e. The van der Waals surface area contributed by atoms with Gasteiger partial charge in [0, 0.05) is 19.2 Å². The normalized spacial score (nSPS) is 16.2. The standard InChI is InChI=1S/C15H19F2NO3/c16-12-2-1-11(14(17)10-12)9-15(20)18-5-3-13(4-6-18)21-8-7-19/h1-2,10,13,19H,3-9H2. The van der Waals surface area contributed by atoms with Gasteiger partial charge in [-0.15, -0.1) is 0 Å². The Bertz CT molecular complexity index is 488. The number of amides is 1. The molecule has 21 heavy (non-hydrogen) atoms. The third-order valence-electron chi connectivity index (χ3n) is 3.60. The highest BCUT2D eigenvalue weighted by atomic mass is 19.1. The Morgan fingerprint density at radius 2 is 2.05 bits per heavy atom. The van der Waals surface area contributed by atoms with Gasteiger partial charge in [-0.05, 0) is 24.5 Å². The average molecular weight is 299 g/mol. The highest BCUT2D eigenvalue weighted by molar-refractivity contribution is 5.78. The number of ether oxygens (including phenoxy) is 1. The summed E-state index contributed by atoms with van der Waals surface area (Å²) in [5.74, 6) is -1.50. The lowest BCUT2D eigenvalue weighted by atomic mass is 10.1. The molecule has 116 valence electrons. The van der Waals surface area contributed by atoms with Crippen LogP contribution >= 0.6 is 0 Å². The summed E-state index contributed by atoms with van der Waals surface area (Å²) < 4.78 is 31.8. The van der Waals surface area contributed by atoms with Gasteiger partial charge in [0.25, 0.3) is 0 Å². The minimum atomic E-state index is -0.690. The third kappa shape index (κ3) is 4.47. The molecule has 0 radical (unpaired) electrons. The van der Waals surface area contributed by atoms with E-state index in [1.54, 1.807) is 4.90 Å². The minimum Gasteiger partial charge on any atom is -0.394 e. The SMILES string of the molecule is O=C(Cc1ccc(F)cc1F)N1CCC(OCCO)CC1. The average Bonchev–Trinajstić information content (AvgIpc) is 2.48. The zero-order valence-corrected chi connectivity index (χ0v) is 11.7. The highest BCUT2D eigenvalue weighted by Gasteiger charge is 2.23. The number of benzene rings is 1. The Balaban J connectivity index is 1.84. The third-order valence-corrected chi connectivity index (χ3v) is 3.60. The van der Waals surface area contributed by atoms with Crippen molar-refractivity contribution in [2.45, 2.75) is 25.4 Å². The molecule has 1 heterocycles. The van der Waals surface area contributed by atoms with E-state index in [1.807, 2.05) is 0 Å². The van der Waals surface area contributed by atoms with Gasteiger partial charge in [-0.25, -0.2) is 8.78 Å². The van der Waals surface area contributed by atoms with E-state index in [9.17, 15) is 13.6 Å². The lowest BCUT2D eigenvalue weighted by Gasteiger charge is -2.32. The molecular formula is C15H19F2NO3. The summed E-state index contributed by atoms with van der Waals surface area (Å²) in [7, 11) is 0. The van der Waals surface area contributed by atoms with E-state index in [0.717, 1.165) is 12.1 Å². The van der Waals surface area contributed by atoms with Gasteiger partial charge in [-0.1, -0.05) is 6.07 Å². The van der Waals surface area contributed by atoms with E-state index in [4.69, 9.17) is 9.84 Å². The van der Waals surface area contributed by atoms with Crippen LogP contribution in [-0.2, 0) is 16.0 Å². The number of aliphatic hydroxyl groups excluding tert-OH is 1. The smallest absolute Gasteiger partial charge is 0.227 e. The number of hydrogen-bond acceptors (Lipinski definition) is 3. The van der Waals surface area contributed by atoms with Crippen LogP contribution in [0.2, 0.25) is 0 Å². The molecule has 1 aromatic carbocycles. The van der Waals surface area contributed by atoms with Gasteiger partial charge < -0.3 is 14.7 Å². The first-order chi connectivity index (χ1) is 10.1. The van der Waals surface area contributed by atoms with Crippen LogP contribution < -0.4 is 0 Å². The Morgan fingerprint density at radius 3 is 2.67 bits per heavy atom. The van der Waals surface area contributed by atoms with Gasteiger partial charge in [0.2, 0.25) is 5.91 Å². The highest BCUT2D eigenvalue weighted by Crippen LogP contribution is 2.16. The first kappa shape index (κ1) is 15.9. The molecule has 0 atom stereocenters. The Labute approximate surface area is 122 Å². The number of rotatable bonds is 5.